The topological polar surface area (TPSA) is 58.4 Å². The zero-order valence-electron chi connectivity index (χ0n) is 11.3. The Morgan fingerprint density at radius 2 is 2.11 bits per heavy atom. The molecule has 0 aromatic heterocycles. The highest BCUT2D eigenvalue weighted by atomic mass is 19.1. The van der Waals surface area contributed by atoms with Gasteiger partial charge in [0.15, 0.2) is 0 Å². The van der Waals surface area contributed by atoms with Crippen molar-refractivity contribution in [2.75, 3.05) is 18.9 Å². The number of halogens is 1. The molecule has 3 N–H and O–H groups in total. The molecule has 1 aliphatic heterocycles. The van der Waals surface area contributed by atoms with Gasteiger partial charge >= 0.3 is 0 Å². The number of nitrogens with one attached hydrogen (secondary N) is 1. The predicted octanol–water partition coefficient (Wildman–Crippen LogP) is 1.58. The largest absolute Gasteiger partial charge is 0.371 e. The van der Waals surface area contributed by atoms with E-state index in [0.29, 0.717) is 12.8 Å². The first kappa shape index (κ1) is 13.8. The Kier molecular flexibility index (Phi) is 3.75. The summed E-state index contributed by atoms with van der Waals surface area (Å²) >= 11 is 0. The molecule has 2 atom stereocenters. The Morgan fingerprint density at radius 3 is 2.63 bits per heavy atom. The first-order chi connectivity index (χ1) is 8.93. The van der Waals surface area contributed by atoms with E-state index >= 15 is 0 Å². The number of piperidine rings is 1. The van der Waals surface area contributed by atoms with Gasteiger partial charge in [-0.05, 0) is 51.1 Å². The highest BCUT2D eigenvalue weighted by Gasteiger charge is 2.42. The molecule has 4 nitrogen and oxygen atoms in total. The number of rotatable bonds is 3. The molecule has 5 heteroatoms. The zero-order valence-corrected chi connectivity index (χ0v) is 11.3. The lowest BCUT2D eigenvalue weighted by Gasteiger charge is -2.43. The molecule has 0 saturated carbocycles. The van der Waals surface area contributed by atoms with Crippen molar-refractivity contribution in [3.63, 3.8) is 0 Å². The van der Waals surface area contributed by atoms with E-state index in [1.165, 1.54) is 12.1 Å². The Balaban J connectivity index is 2.21. The quantitative estimate of drug-likeness (QED) is 0.872. The maximum absolute atomic E-state index is 12.9. The lowest BCUT2D eigenvalue weighted by molar-refractivity contribution is -0.124. The molecule has 1 fully saturated rings. The molecule has 1 saturated heterocycles. The number of carbonyl (C=O) groups is 1. The fourth-order valence-corrected chi connectivity index (χ4v) is 2.56. The third-order valence-corrected chi connectivity index (χ3v) is 3.99. The van der Waals surface area contributed by atoms with Crippen LogP contribution in [0.5, 0.6) is 0 Å². The maximum atomic E-state index is 12.9. The molecule has 0 radical (unpaired) electrons. The number of benzene rings is 1. The minimum absolute atomic E-state index is 0.272. The van der Waals surface area contributed by atoms with E-state index in [9.17, 15) is 9.18 Å². The number of anilines is 1. The smallest absolute Gasteiger partial charge is 0.243 e. The second kappa shape index (κ2) is 5.17. The number of hydrogen-bond donors (Lipinski definition) is 2. The van der Waals surface area contributed by atoms with Crippen molar-refractivity contribution in [2.45, 2.75) is 31.3 Å². The highest BCUT2D eigenvalue weighted by Crippen LogP contribution is 2.29. The second-order valence-corrected chi connectivity index (χ2v) is 5.36. The molecule has 0 aliphatic carbocycles. The van der Waals surface area contributed by atoms with Crippen molar-refractivity contribution in [3.05, 3.63) is 30.1 Å². The van der Waals surface area contributed by atoms with Gasteiger partial charge in [0.1, 0.15) is 11.4 Å². The van der Waals surface area contributed by atoms with E-state index in [0.717, 1.165) is 12.2 Å². The van der Waals surface area contributed by atoms with Crippen LogP contribution < -0.4 is 11.1 Å². The molecule has 0 bridgehead atoms. The van der Waals surface area contributed by atoms with E-state index in [2.05, 4.69) is 17.1 Å². The van der Waals surface area contributed by atoms with Crippen molar-refractivity contribution in [1.82, 2.24) is 4.90 Å². The van der Waals surface area contributed by atoms with Gasteiger partial charge in [-0.3, -0.25) is 4.79 Å². The number of hydrogen-bond acceptors (Lipinski definition) is 3. The molecule has 1 aliphatic rings. The van der Waals surface area contributed by atoms with Gasteiger partial charge in [-0.15, -0.1) is 0 Å². The van der Waals surface area contributed by atoms with Crippen molar-refractivity contribution in [2.24, 2.45) is 5.73 Å². The summed E-state index contributed by atoms with van der Waals surface area (Å²) in [4.78, 5) is 14.1. The van der Waals surface area contributed by atoms with Gasteiger partial charge in [0.25, 0.3) is 0 Å². The van der Waals surface area contributed by atoms with E-state index in [1.807, 2.05) is 7.05 Å². The summed E-state index contributed by atoms with van der Waals surface area (Å²) in [6.45, 7) is 2.88. The molecular weight excluding hydrogens is 245 g/mol. The van der Waals surface area contributed by atoms with E-state index in [4.69, 9.17) is 5.73 Å². The summed E-state index contributed by atoms with van der Waals surface area (Å²) in [5, 5.41) is 3.20. The Bertz CT molecular complexity index is 462. The van der Waals surface area contributed by atoms with Crippen LogP contribution in [-0.2, 0) is 4.79 Å². The van der Waals surface area contributed by atoms with Crippen molar-refractivity contribution < 1.29 is 9.18 Å². The summed E-state index contributed by atoms with van der Waals surface area (Å²) in [5.41, 5.74) is 5.57. The third kappa shape index (κ3) is 2.87. The monoisotopic (exact) mass is 265 g/mol. The van der Waals surface area contributed by atoms with Crippen LogP contribution in [0.1, 0.15) is 19.8 Å². The minimum Gasteiger partial charge on any atom is -0.371 e. The van der Waals surface area contributed by atoms with Gasteiger partial charge in [0, 0.05) is 18.3 Å². The molecule has 2 unspecified atom stereocenters. The second-order valence-electron chi connectivity index (χ2n) is 5.36. The van der Waals surface area contributed by atoms with Gasteiger partial charge in [-0.25, -0.2) is 4.39 Å². The molecule has 19 heavy (non-hydrogen) atoms. The molecule has 1 amide bonds. The number of nitrogens with two attached hydrogens (primary N) is 1. The van der Waals surface area contributed by atoms with Gasteiger partial charge < -0.3 is 16.0 Å². The van der Waals surface area contributed by atoms with Crippen LogP contribution in [0.3, 0.4) is 0 Å². The number of likely N-dealkylation sites (tertiary alicyclic amines) is 1. The number of amides is 1. The van der Waals surface area contributed by atoms with Gasteiger partial charge in [0.2, 0.25) is 5.91 Å². The highest BCUT2D eigenvalue weighted by molar-refractivity contribution is 5.88. The predicted molar refractivity (Wildman–Crippen MR) is 73.3 cm³/mol. The first-order valence-electron chi connectivity index (χ1n) is 6.47. The Morgan fingerprint density at radius 1 is 1.47 bits per heavy atom. The van der Waals surface area contributed by atoms with E-state index in [1.54, 1.807) is 12.1 Å². The summed E-state index contributed by atoms with van der Waals surface area (Å²) in [6, 6.07) is 6.27. The van der Waals surface area contributed by atoms with Crippen LogP contribution in [0.25, 0.3) is 0 Å². The van der Waals surface area contributed by atoms with Crippen LogP contribution in [-0.4, -0.2) is 36.0 Å². The lowest BCUT2D eigenvalue weighted by atomic mass is 9.83. The molecule has 104 valence electrons. The fraction of sp³-hybridized carbons (Fsp3) is 0.500. The number of nitrogens with zero attached hydrogens (tertiary/aromatic N) is 1. The average Bonchev–Trinajstić information content (AvgIpc) is 2.37. The first-order valence-corrected chi connectivity index (χ1v) is 6.47. The standard InChI is InChI=1S/C14H20FN3O/c1-10-9-14(13(16)19,7-8-18(10)2)17-12-5-3-11(15)4-6-12/h3-6,10,17H,7-9H2,1-2H3,(H2,16,19). The minimum atomic E-state index is -0.746. The van der Waals surface area contributed by atoms with Crippen LogP contribution in [0.4, 0.5) is 10.1 Å². The van der Waals surface area contributed by atoms with Crippen molar-refractivity contribution in [3.8, 4) is 0 Å². The molecule has 1 heterocycles. The third-order valence-electron chi connectivity index (χ3n) is 3.99. The van der Waals surface area contributed by atoms with Gasteiger partial charge in [-0.2, -0.15) is 0 Å². The maximum Gasteiger partial charge on any atom is 0.243 e. The van der Waals surface area contributed by atoms with Gasteiger partial charge in [-0.1, -0.05) is 0 Å². The molecule has 1 aromatic rings. The molecule has 1 aromatic carbocycles. The van der Waals surface area contributed by atoms with E-state index in [-0.39, 0.29) is 17.8 Å². The van der Waals surface area contributed by atoms with Crippen LogP contribution in [0.15, 0.2) is 24.3 Å². The summed E-state index contributed by atoms with van der Waals surface area (Å²) < 4.78 is 12.9. The summed E-state index contributed by atoms with van der Waals surface area (Å²) in [7, 11) is 2.04. The summed E-state index contributed by atoms with van der Waals surface area (Å²) in [5.74, 6) is -0.646. The van der Waals surface area contributed by atoms with Crippen LogP contribution in [0, 0.1) is 5.82 Å². The SMILES string of the molecule is CC1CC(Nc2ccc(F)cc2)(C(N)=O)CCN1C. The average molecular weight is 265 g/mol. The molecule has 2 rings (SSSR count). The Labute approximate surface area is 112 Å². The number of carbonyl (C=O) groups excluding carboxylic acids is 1. The molecule has 0 spiro atoms. The lowest BCUT2D eigenvalue weighted by Crippen LogP contribution is -2.58. The fourth-order valence-electron chi connectivity index (χ4n) is 2.56. The molecular formula is C14H20FN3O. The summed E-state index contributed by atoms with van der Waals surface area (Å²) in [6.07, 6.45) is 1.30. The number of primary amides is 1. The Hall–Kier alpha value is -1.62. The van der Waals surface area contributed by atoms with Gasteiger partial charge in [0.05, 0.1) is 0 Å². The normalized spacial score (nSPS) is 28.1. The van der Waals surface area contributed by atoms with Crippen molar-refractivity contribution in [1.29, 1.82) is 0 Å². The van der Waals surface area contributed by atoms with Crippen LogP contribution in [0.2, 0.25) is 0 Å². The van der Waals surface area contributed by atoms with E-state index < -0.39 is 5.54 Å². The zero-order chi connectivity index (χ0) is 14.0. The van der Waals surface area contributed by atoms with Crippen LogP contribution >= 0.6 is 0 Å². The van der Waals surface area contributed by atoms with Crippen molar-refractivity contribution >= 4 is 11.6 Å².